The van der Waals surface area contributed by atoms with Gasteiger partial charge in [-0.2, -0.15) is 0 Å². The molecular formula is C14H20N2O3. The summed E-state index contributed by atoms with van der Waals surface area (Å²) in [7, 11) is 0. The number of carboxylic acids is 1. The molecule has 0 aliphatic carbocycles. The van der Waals surface area contributed by atoms with Gasteiger partial charge >= 0.3 is 5.97 Å². The van der Waals surface area contributed by atoms with Gasteiger partial charge in [0.15, 0.2) is 0 Å². The monoisotopic (exact) mass is 264 g/mol. The molecule has 0 aromatic heterocycles. The Bertz CT molecular complexity index is 420. The Morgan fingerprint density at radius 2 is 1.95 bits per heavy atom. The van der Waals surface area contributed by atoms with Crippen LogP contribution in [0.15, 0.2) is 30.3 Å². The summed E-state index contributed by atoms with van der Waals surface area (Å²) < 4.78 is 0. The highest BCUT2D eigenvalue weighted by Crippen LogP contribution is 2.19. The smallest absolute Gasteiger partial charge is 0.303 e. The number of rotatable bonds is 8. The zero-order valence-corrected chi connectivity index (χ0v) is 11.1. The summed E-state index contributed by atoms with van der Waals surface area (Å²) >= 11 is 0. The van der Waals surface area contributed by atoms with Crippen molar-refractivity contribution < 1.29 is 14.7 Å². The van der Waals surface area contributed by atoms with E-state index in [-0.39, 0.29) is 19.0 Å². The lowest BCUT2D eigenvalue weighted by Crippen LogP contribution is -2.36. The highest BCUT2D eigenvalue weighted by atomic mass is 16.4. The molecule has 0 heterocycles. The third-order valence-electron chi connectivity index (χ3n) is 3.02. The Morgan fingerprint density at radius 3 is 2.47 bits per heavy atom. The zero-order chi connectivity index (χ0) is 14.3. The van der Waals surface area contributed by atoms with Gasteiger partial charge in [0.2, 0.25) is 5.91 Å². The number of nitrogens with two attached hydrogens (primary N) is 1. The number of hydrogen-bond acceptors (Lipinski definition) is 3. The van der Waals surface area contributed by atoms with Crippen molar-refractivity contribution in [3.63, 3.8) is 0 Å². The quantitative estimate of drug-likeness (QED) is 0.743. The Morgan fingerprint density at radius 1 is 1.32 bits per heavy atom. The molecule has 3 N–H and O–H groups in total. The van der Waals surface area contributed by atoms with E-state index in [0.717, 1.165) is 5.56 Å². The molecule has 0 spiro atoms. The van der Waals surface area contributed by atoms with E-state index in [9.17, 15) is 9.59 Å². The number of primary amides is 1. The van der Waals surface area contributed by atoms with Gasteiger partial charge in [-0.05, 0) is 25.5 Å². The van der Waals surface area contributed by atoms with Crippen LogP contribution in [0.5, 0.6) is 0 Å². The number of carboxylic acid groups (broad SMARTS) is 1. The van der Waals surface area contributed by atoms with Gasteiger partial charge in [0.25, 0.3) is 0 Å². The topological polar surface area (TPSA) is 83.6 Å². The van der Waals surface area contributed by atoms with Crippen molar-refractivity contribution in [1.29, 1.82) is 0 Å². The summed E-state index contributed by atoms with van der Waals surface area (Å²) in [6.45, 7) is 2.65. The lowest BCUT2D eigenvalue weighted by molar-refractivity contribution is -0.137. The van der Waals surface area contributed by atoms with E-state index >= 15 is 0 Å². The molecule has 104 valence electrons. The minimum absolute atomic E-state index is 0.0301. The third-order valence-corrected chi connectivity index (χ3v) is 3.02. The molecule has 0 fully saturated rings. The molecule has 1 aromatic carbocycles. The normalized spacial score (nSPS) is 12.3. The summed E-state index contributed by atoms with van der Waals surface area (Å²) in [5.41, 5.74) is 6.33. The Labute approximate surface area is 113 Å². The van der Waals surface area contributed by atoms with Crippen molar-refractivity contribution in [2.24, 2.45) is 5.73 Å². The van der Waals surface area contributed by atoms with E-state index in [4.69, 9.17) is 10.8 Å². The van der Waals surface area contributed by atoms with Crippen molar-refractivity contribution >= 4 is 11.9 Å². The summed E-state index contributed by atoms with van der Waals surface area (Å²) in [6, 6.07) is 9.80. The van der Waals surface area contributed by atoms with Crippen LogP contribution < -0.4 is 5.73 Å². The molecule has 0 saturated heterocycles. The van der Waals surface area contributed by atoms with E-state index < -0.39 is 11.9 Å². The second-order valence-electron chi connectivity index (χ2n) is 4.52. The molecule has 19 heavy (non-hydrogen) atoms. The van der Waals surface area contributed by atoms with Gasteiger partial charge in [0.05, 0.1) is 6.54 Å². The van der Waals surface area contributed by atoms with Gasteiger partial charge in [0, 0.05) is 12.5 Å². The standard InChI is InChI=1S/C14H20N2O3/c1-11(12-6-3-2-4-7-12)16(10-13(15)17)9-5-8-14(18)19/h2-4,6-7,11H,5,8-10H2,1H3,(H2,15,17)(H,18,19)/t11-/m1/s1. The SMILES string of the molecule is C[C@H](c1ccccc1)N(CCCC(=O)O)CC(N)=O. The molecule has 0 aliphatic rings. The number of hydrogen-bond donors (Lipinski definition) is 2. The van der Waals surface area contributed by atoms with Crippen LogP contribution in [-0.4, -0.2) is 35.0 Å². The number of amides is 1. The maximum Gasteiger partial charge on any atom is 0.303 e. The summed E-state index contributed by atoms with van der Waals surface area (Å²) in [4.78, 5) is 23.5. The predicted octanol–water partition coefficient (Wildman–Crippen LogP) is 1.40. The van der Waals surface area contributed by atoms with Crippen LogP contribution in [0.3, 0.4) is 0 Å². The highest BCUT2D eigenvalue weighted by molar-refractivity contribution is 5.76. The number of benzene rings is 1. The molecule has 1 atom stereocenters. The van der Waals surface area contributed by atoms with Gasteiger partial charge in [-0.3, -0.25) is 14.5 Å². The molecule has 0 bridgehead atoms. The van der Waals surface area contributed by atoms with Crippen LogP contribution >= 0.6 is 0 Å². The zero-order valence-electron chi connectivity index (χ0n) is 11.1. The van der Waals surface area contributed by atoms with Crippen molar-refractivity contribution in [3.8, 4) is 0 Å². The number of carbonyl (C=O) groups is 2. The molecule has 0 saturated carbocycles. The van der Waals surface area contributed by atoms with Crippen LogP contribution in [-0.2, 0) is 9.59 Å². The van der Waals surface area contributed by atoms with E-state index in [1.807, 2.05) is 42.2 Å². The summed E-state index contributed by atoms with van der Waals surface area (Å²) in [6.07, 6.45) is 0.594. The first-order valence-corrected chi connectivity index (χ1v) is 6.30. The average molecular weight is 264 g/mol. The molecule has 0 unspecified atom stereocenters. The van der Waals surface area contributed by atoms with Gasteiger partial charge in [-0.15, -0.1) is 0 Å². The fourth-order valence-corrected chi connectivity index (χ4v) is 1.99. The van der Waals surface area contributed by atoms with Gasteiger partial charge in [-0.25, -0.2) is 0 Å². The highest BCUT2D eigenvalue weighted by Gasteiger charge is 2.17. The van der Waals surface area contributed by atoms with Crippen LogP contribution in [0.1, 0.15) is 31.4 Å². The predicted molar refractivity (Wildman–Crippen MR) is 72.5 cm³/mol. The summed E-state index contributed by atoms with van der Waals surface area (Å²) in [5, 5.41) is 8.65. The molecule has 1 amide bonds. The van der Waals surface area contributed by atoms with Gasteiger partial charge in [-0.1, -0.05) is 30.3 Å². The molecule has 5 nitrogen and oxygen atoms in total. The number of aliphatic carboxylic acids is 1. The van der Waals surface area contributed by atoms with Crippen LogP contribution in [0.25, 0.3) is 0 Å². The van der Waals surface area contributed by atoms with Crippen molar-refractivity contribution in [2.75, 3.05) is 13.1 Å². The first-order chi connectivity index (χ1) is 9.00. The molecule has 0 aliphatic heterocycles. The van der Waals surface area contributed by atoms with Crippen molar-refractivity contribution in [2.45, 2.75) is 25.8 Å². The molecule has 5 heteroatoms. The van der Waals surface area contributed by atoms with Crippen molar-refractivity contribution in [3.05, 3.63) is 35.9 Å². The van der Waals surface area contributed by atoms with Crippen LogP contribution in [0.2, 0.25) is 0 Å². The van der Waals surface area contributed by atoms with Crippen LogP contribution in [0.4, 0.5) is 0 Å². The fraction of sp³-hybridized carbons (Fsp3) is 0.429. The van der Waals surface area contributed by atoms with E-state index in [1.54, 1.807) is 0 Å². The third kappa shape index (κ3) is 5.52. The Balaban J connectivity index is 2.67. The maximum atomic E-state index is 11.1. The first kappa shape index (κ1) is 15.2. The molecular weight excluding hydrogens is 244 g/mol. The van der Waals surface area contributed by atoms with E-state index in [0.29, 0.717) is 13.0 Å². The molecule has 1 rings (SSSR count). The van der Waals surface area contributed by atoms with Gasteiger partial charge in [0.1, 0.15) is 0 Å². The van der Waals surface area contributed by atoms with Gasteiger partial charge < -0.3 is 10.8 Å². The fourth-order valence-electron chi connectivity index (χ4n) is 1.99. The lowest BCUT2D eigenvalue weighted by atomic mass is 10.1. The number of carbonyl (C=O) groups excluding carboxylic acids is 1. The number of nitrogens with zero attached hydrogens (tertiary/aromatic N) is 1. The molecule has 1 aromatic rings. The molecule has 0 radical (unpaired) electrons. The van der Waals surface area contributed by atoms with E-state index in [1.165, 1.54) is 0 Å². The average Bonchev–Trinajstić information content (AvgIpc) is 2.37. The second kappa shape index (κ2) is 7.53. The Hall–Kier alpha value is -1.88. The van der Waals surface area contributed by atoms with E-state index in [2.05, 4.69) is 0 Å². The summed E-state index contributed by atoms with van der Waals surface area (Å²) in [5.74, 6) is -1.23. The maximum absolute atomic E-state index is 11.1. The second-order valence-corrected chi connectivity index (χ2v) is 4.52. The van der Waals surface area contributed by atoms with Crippen molar-refractivity contribution in [1.82, 2.24) is 4.90 Å². The van der Waals surface area contributed by atoms with Crippen LogP contribution in [0, 0.1) is 0 Å². The largest absolute Gasteiger partial charge is 0.481 e. The first-order valence-electron chi connectivity index (χ1n) is 6.30. The minimum atomic E-state index is -0.827. The minimum Gasteiger partial charge on any atom is -0.481 e. The lowest BCUT2D eigenvalue weighted by Gasteiger charge is -2.28. The Kier molecular flexibility index (Phi) is 6.02.